The van der Waals surface area contributed by atoms with Crippen LogP contribution in [0.15, 0.2) is 66.9 Å². The first kappa shape index (κ1) is 20.5. The van der Waals surface area contributed by atoms with Crippen molar-refractivity contribution in [3.63, 3.8) is 0 Å². The van der Waals surface area contributed by atoms with Gasteiger partial charge < -0.3 is 9.47 Å². The third kappa shape index (κ3) is 3.44. The Morgan fingerprint density at radius 2 is 1.70 bits per heavy atom. The van der Waals surface area contributed by atoms with Crippen molar-refractivity contribution in [1.29, 1.82) is 0 Å². The fraction of sp³-hybridized carbons (Fsp3) is 0.276. The van der Waals surface area contributed by atoms with Crippen molar-refractivity contribution in [3.8, 4) is 5.00 Å². The van der Waals surface area contributed by atoms with Crippen LogP contribution in [0.5, 0.6) is 0 Å². The molecule has 0 fully saturated rings. The van der Waals surface area contributed by atoms with Crippen LogP contribution in [0.1, 0.15) is 67.6 Å². The molecule has 33 heavy (non-hydrogen) atoms. The Bertz CT molecular complexity index is 1360. The maximum Gasteiger partial charge on any atom is 0.255 e. The first-order valence-corrected chi connectivity index (χ1v) is 12.7. The van der Waals surface area contributed by atoms with E-state index in [1.54, 1.807) is 0 Å². The SMILES string of the molecule is Cc1cccc(C(=O)N2Cc3c(sc4c3CCCC4)-n3cccc3[C@@H]2c2cccc(C)c2)c1. The Labute approximate surface area is 199 Å². The molecule has 0 saturated carbocycles. The maximum absolute atomic E-state index is 14.1. The van der Waals surface area contributed by atoms with Gasteiger partial charge in [0.2, 0.25) is 0 Å². The molecule has 1 aliphatic heterocycles. The van der Waals surface area contributed by atoms with E-state index in [-0.39, 0.29) is 11.9 Å². The van der Waals surface area contributed by atoms with Crippen molar-refractivity contribution in [2.24, 2.45) is 0 Å². The summed E-state index contributed by atoms with van der Waals surface area (Å²) in [6.45, 7) is 4.82. The van der Waals surface area contributed by atoms with E-state index in [1.807, 2.05) is 29.5 Å². The lowest BCUT2D eigenvalue weighted by Gasteiger charge is -2.32. The largest absolute Gasteiger partial charge is 0.322 e. The van der Waals surface area contributed by atoms with Gasteiger partial charge in [-0.3, -0.25) is 4.79 Å². The highest BCUT2D eigenvalue weighted by Crippen LogP contribution is 2.44. The number of hydrogen-bond acceptors (Lipinski definition) is 2. The lowest BCUT2D eigenvalue weighted by atomic mass is 9.94. The molecule has 0 radical (unpaired) electrons. The zero-order chi connectivity index (χ0) is 22.5. The van der Waals surface area contributed by atoms with Crippen LogP contribution in [0.3, 0.4) is 0 Å². The van der Waals surface area contributed by atoms with Gasteiger partial charge in [0, 0.05) is 22.2 Å². The molecule has 0 N–H and O–H groups in total. The van der Waals surface area contributed by atoms with Crippen molar-refractivity contribution < 1.29 is 4.79 Å². The van der Waals surface area contributed by atoms with Crippen molar-refractivity contribution in [1.82, 2.24) is 9.47 Å². The van der Waals surface area contributed by atoms with Crippen LogP contribution in [0.2, 0.25) is 0 Å². The van der Waals surface area contributed by atoms with Gasteiger partial charge >= 0.3 is 0 Å². The molecule has 3 nitrogen and oxygen atoms in total. The van der Waals surface area contributed by atoms with Crippen LogP contribution in [-0.2, 0) is 19.4 Å². The number of carbonyl (C=O) groups is 1. The number of benzene rings is 2. The molecule has 2 aromatic carbocycles. The molecule has 4 heteroatoms. The quantitative estimate of drug-likeness (QED) is 0.329. The van der Waals surface area contributed by atoms with Crippen molar-refractivity contribution in [2.75, 3.05) is 0 Å². The first-order valence-electron chi connectivity index (χ1n) is 11.9. The summed E-state index contributed by atoms with van der Waals surface area (Å²) in [5, 5.41) is 1.30. The van der Waals surface area contributed by atoms with Crippen LogP contribution in [0.4, 0.5) is 0 Å². The Hall–Kier alpha value is -3.11. The summed E-state index contributed by atoms with van der Waals surface area (Å²) in [5.74, 6) is 0.0987. The lowest BCUT2D eigenvalue weighted by molar-refractivity contribution is 0.0690. The Kier molecular flexibility index (Phi) is 4.99. The molecule has 0 spiro atoms. The monoisotopic (exact) mass is 452 g/mol. The smallest absolute Gasteiger partial charge is 0.255 e. The van der Waals surface area contributed by atoms with Crippen molar-refractivity contribution in [3.05, 3.63) is 111 Å². The maximum atomic E-state index is 14.1. The minimum Gasteiger partial charge on any atom is -0.322 e. The van der Waals surface area contributed by atoms with Gasteiger partial charge in [0.15, 0.2) is 0 Å². The van der Waals surface area contributed by atoms with Crippen LogP contribution < -0.4 is 0 Å². The minimum absolute atomic E-state index is 0.0987. The zero-order valence-electron chi connectivity index (χ0n) is 19.2. The molecule has 0 unspecified atom stereocenters. The van der Waals surface area contributed by atoms with E-state index in [2.05, 4.69) is 72.0 Å². The molecule has 1 aliphatic carbocycles. The molecule has 2 aromatic heterocycles. The van der Waals surface area contributed by atoms with Crippen LogP contribution in [0, 0.1) is 13.8 Å². The van der Waals surface area contributed by atoms with E-state index in [1.165, 1.54) is 50.7 Å². The Morgan fingerprint density at radius 3 is 2.52 bits per heavy atom. The zero-order valence-corrected chi connectivity index (χ0v) is 20.0. The van der Waals surface area contributed by atoms with Gasteiger partial charge in [0.25, 0.3) is 5.91 Å². The predicted molar refractivity (Wildman–Crippen MR) is 134 cm³/mol. The summed E-state index contributed by atoms with van der Waals surface area (Å²) in [6.07, 6.45) is 6.97. The van der Waals surface area contributed by atoms with Gasteiger partial charge in [0.05, 0.1) is 18.3 Å². The van der Waals surface area contributed by atoms with Crippen molar-refractivity contribution in [2.45, 2.75) is 52.1 Å². The average Bonchev–Trinajstić information content (AvgIpc) is 3.40. The number of nitrogens with zero attached hydrogens (tertiary/aromatic N) is 2. The van der Waals surface area contributed by atoms with Gasteiger partial charge in [0.1, 0.15) is 5.00 Å². The normalized spacial score (nSPS) is 17.2. The highest BCUT2D eigenvalue weighted by Gasteiger charge is 2.36. The van der Waals surface area contributed by atoms with E-state index < -0.39 is 0 Å². The molecule has 166 valence electrons. The van der Waals surface area contributed by atoms with E-state index >= 15 is 0 Å². The number of thiophene rings is 1. The second-order valence-corrected chi connectivity index (χ2v) is 10.5. The van der Waals surface area contributed by atoms with Crippen LogP contribution in [-0.4, -0.2) is 15.4 Å². The summed E-state index contributed by atoms with van der Waals surface area (Å²) in [4.78, 5) is 17.8. The van der Waals surface area contributed by atoms with Gasteiger partial charge in [-0.25, -0.2) is 0 Å². The van der Waals surface area contributed by atoms with Gasteiger partial charge in [-0.05, 0) is 74.9 Å². The number of rotatable bonds is 2. The number of amides is 1. The van der Waals surface area contributed by atoms with Gasteiger partial charge in [-0.15, -0.1) is 11.3 Å². The fourth-order valence-corrected chi connectivity index (χ4v) is 6.93. The summed E-state index contributed by atoms with van der Waals surface area (Å²) in [6, 6.07) is 20.8. The van der Waals surface area contributed by atoms with E-state index in [0.29, 0.717) is 6.54 Å². The third-order valence-electron chi connectivity index (χ3n) is 7.06. The van der Waals surface area contributed by atoms with Gasteiger partial charge in [-0.2, -0.15) is 0 Å². The summed E-state index contributed by atoms with van der Waals surface area (Å²) in [5.41, 5.74) is 8.26. The highest BCUT2D eigenvalue weighted by atomic mass is 32.1. The molecule has 0 saturated heterocycles. The number of aryl methyl sites for hydroxylation is 3. The highest BCUT2D eigenvalue weighted by molar-refractivity contribution is 7.15. The molecule has 2 aliphatic rings. The first-order chi connectivity index (χ1) is 16.1. The Balaban J connectivity index is 1.58. The topological polar surface area (TPSA) is 25.2 Å². The molecule has 4 aromatic rings. The van der Waals surface area contributed by atoms with Crippen molar-refractivity contribution >= 4 is 17.2 Å². The number of fused-ring (bicyclic) bond motifs is 5. The standard InChI is InChI=1S/C29H28N2OS/c1-19-8-5-10-21(16-19)27-25-13-7-15-30(25)29-24(23-12-3-4-14-26(23)33-29)18-31(27)28(32)22-11-6-9-20(2)17-22/h5-11,13,15-17,27H,3-4,12,14,18H2,1-2H3/t27-/m0/s1. The molecule has 1 amide bonds. The van der Waals surface area contributed by atoms with Gasteiger partial charge in [-0.1, -0.05) is 47.5 Å². The fourth-order valence-electron chi connectivity index (χ4n) is 5.52. The average molecular weight is 453 g/mol. The molecular formula is C29H28N2OS. The summed E-state index contributed by atoms with van der Waals surface area (Å²) >= 11 is 1.94. The van der Waals surface area contributed by atoms with Crippen LogP contribution >= 0.6 is 11.3 Å². The summed E-state index contributed by atoms with van der Waals surface area (Å²) in [7, 11) is 0. The molecule has 3 heterocycles. The third-order valence-corrected chi connectivity index (χ3v) is 8.40. The second kappa shape index (κ2) is 8.03. The Morgan fingerprint density at radius 1 is 0.909 bits per heavy atom. The number of carbonyl (C=O) groups excluding carboxylic acids is 1. The van der Waals surface area contributed by atoms with E-state index in [4.69, 9.17) is 0 Å². The van der Waals surface area contributed by atoms with Crippen LogP contribution in [0.25, 0.3) is 5.00 Å². The number of aromatic nitrogens is 1. The minimum atomic E-state index is -0.133. The lowest BCUT2D eigenvalue weighted by Crippen LogP contribution is -2.35. The van der Waals surface area contributed by atoms with E-state index in [9.17, 15) is 4.79 Å². The molecule has 6 rings (SSSR count). The molecule has 1 atom stereocenters. The predicted octanol–water partition coefficient (Wildman–Crippen LogP) is 6.78. The molecule has 0 bridgehead atoms. The number of hydrogen-bond donors (Lipinski definition) is 0. The second-order valence-electron chi connectivity index (χ2n) is 9.42. The molecular weight excluding hydrogens is 424 g/mol. The summed E-state index contributed by atoms with van der Waals surface area (Å²) < 4.78 is 2.36. The van der Waals surface area contributed by atoms with E-state index in [0.717, 1.165) is 24.0 Å².